The molecule has 0 aromatic heterocycles. The third-order valence-electron chi connectivity index (χ3n) is 4.39. The molecule has 3 aliphatic rings. The lowest BCUT2D eigenvalue weighted by atomic mass is 9.85. The van der Waals surface area contributed by atoms with E-state index in [0.717, 1.165) is 17.7 Å². The highest BCUT2D eigenvalue weighted by atomic mass is 16.4. The molecular weight excluding hydrogens is 246 g/mol. The number of carbonyl (C=O) groups is 3. The number of rotatable bonds is 4. The number of nitrogens with zero attached hydrogens (tertiary/aromatic N) is 1. The zero-order valence-electron chi connectivity index (χ0n) is 10.6. The third-order valence-corrected chi connectivity index (χ3v) is 4.39. The molecule has 0 spiro atoms. The van der Waals surface area contributed by atoms with Crippen molar-refractivity contribution in [2.24, 2.45) is 17.8 Å². The molecular formula is C14H17NO4. The third kappa shape index (κ3) is 2.07. The first kappa shape index (κ1) is 12.4. The predicted molar refractivity (Wildman–Crippen MR) is 66.0 cm³/mol. The standard InChI is InChI=1S/C14H17NO4/c16-12-9-3-1-2-4-10(9)13(17)15(12)11(14(18)19)7-8-5-6-8/h1-2,8-11H,3-7H2,(H,18,19)/t9-,10+,11?. The number of carboxylic acids is 1. The topological polar surface area (TPSA) is 74.7 Å². The first-order valence-electron chi connectivity index (χ1n) is 6.84. The monoisotopic (exact) mass is 263 g/mol. The van der Waals surface area contributed by atoms with E-state index in [1.165, 1.54) is 0 Å². The van der Waals surface area contributed by atoms with Crippen molar-refractivity contribution in [1.29, 1.82) is 0 Å². The average molecular weight is 263 g/mol. The molecule has 2 amide bonds. The van der Waals surface area contributed by atoms with Crippen LogP contribution >= 0.6 is 0 Å². The van der Waals surface area contributed by atoms with E-state index in [1.54, 1.807) is 0 Å². The van der Waals surface area contributed by atoms with Gasteiger partial charge in [0.05, 0.1) is 11.8 Å². The lowest BCUT2D eigenvalue weighted by Crippen LogP contribution is -2.45. The Morgan fingerprint density at radius 2 is 1.74 bits per heavy atom. The smallest absolute Gasteiger partial charge is 0.326 e. The molecule has 1 saturated heterocycles. The van der Waals surface area contributed by atoms with Crippen molar-refractivity contribution in [3.8, 4) is 0 Å². The van der Waals surface area contributed by atoms with E-state index < -0.39 is 12.0 Å². The molecule has 1 unspecified atom stereocenters. The molecule has 0 aromatic carbocycles. The normalized spacial score (nSPS) is 31.5. The maximum atomic E-state index is 12.3. The van der Waals surface area contributed by atoms with E-state index in [1.807, 2.05) is 12.2 Å². The highest BCUT2D eigenvalue weighted by molar-refractivity contribution is 6.07. The lowest BCUT2D eigenvalue weighted by molar-refractivity contribution is -0.155. The number of hydrogen-bond acceptors (Lipinski definition) is 3. The molecule has 0 bridgehead atoms. The Morgan fingerprint density at radius 1 is 1.21 bits per heavy atom. The van der Waals surface area contributed by atoms with Crippen molar-refractivity contribution in [2.45, 2.75) is 38.1 Å². The van der Waals surface area contributed by atoms with Crippen molar-refractivity contribution < 1.29 is 19.5 Å². The summed E-state index contributed by atoms with van der Waals surface area (Å²) in [5, 5.41) is 9.32. The number of likely N-dealkylation sites (tertiary alicyclic amines) is 1. The number of allylic oxidation sites excluding steroid dienone is 2. The Morgan fingerprint density at radius 3 is 2.16 bits per heavy atom. The van der Waals surface area contributed by atoms with Crippen LogP contribution in [0.5, 0.6) is 0 Å². The molecule has 5 heteroatoms. The number of imide groups is 1. The molecule has 2 fully saturated rings. The second kappa shape index (κ2) is 4.47. The number of fused-ring (bicyclic) bond motifs is 1. The van der Waals surface area contributed by atoms with Crippen LogP contribution < -0.4 is 0 Å². The molecule has 1 saturated carbocycles. The molecule has 0 aromatic rings. The van der Waals surface area contributed by atoms with Crippen LogP contribution in [0.25, 0.3) is 0 Å². The number of carbonyl (C=O) groups excluding carboxylic acids is 2. The number of aliphatic carboxylic acids is 1. The van der Waals surface area contributed by atoms with Gasteiger partial charge in [-0.25, -0.2) is 4.79 Å². The Labute approximate surface area is 111 Å². The van der Waals surface area contributed by atoms with Crippen LogP contribution in [0.4, 0.5) is 0 Å². The summed E-state index contributed by atoms with van der Waals surface area (Å²) < 4.78 is 0. The van der Waals surface area contributed by atoms with Crippen LogP contribution in [-0.4, -0.2) is 33.8 Å². The number of hydrogen-bond donors (Lipinski definition) is 1. The molecule has 19 heavy (non-hydrogen) atoms. The zero-order valence-corrected chi connectivity index (χ0v) is 10.6. The Balaban J connectivity index is 1.84. The van der Waals surface area contributed by atoms with Gasteiger partial charge in [0, 0.05) is 0 Å². The summed E-state index contributed by atoms with van der Waals surface area (Å²) in [6.07, 6.45) is 7.37. The van der Waals surface area contributed by atoms with Gasteiger partial charge in [0.25, 0.3) is 0 Å². The zero-order chi connectivity index (χ0) is 13.6. The lowest BCUT2D eigenvalue weighted by Gasteiger charge is -2.23. The summed E-state index contributed by atoms with van der Waals surface area (Å²) in [6, 6.07) is -0.960. The largest absolute Gasteiger partial charge is 0.480 e. The molecule has 2 aliphatic carbocycles. The molecule has 1 N–H and O–H groups in total. The molecule has 1 aliphatic heterocycles. The molecule has 3 atom stereocenters. The van der Waals surface area contributed by atoms with Gasteiger partial charge in [-0.2, -0.15) is 0 Å². The number of carboxylic acid groups (broad SMARTS) is 1. The minimum Gasteiger partial charge on any atom is -0.480 e. The summed E-state index contributed by atoms with van der Waals surface area (Å²) in [5.74, 6) is -1.93. The maximum Gasteiger partial charge on any atom is 0.326 e. The van der Waals surface area contributed by atoms with Gasteiger partial charge in [-0.3, -0.25) is 14.5 Å². The summed E-state index contributed by atoms with van der Waals surface area (Å²) >= 11 is 0. The van der Waals surface area contributed by atoms with Crippen molar-refractivity contribution in [3.05, 3.63) is 12.2 Å². The van der Waals surface area contributed by atoms with Gasteiger partial charge in [0.2, 0.25) is 11.8 Å². The second-order valence-electron chi connectivity index (χ2n) is 5.74. The van der Waals surface area contributed by atoms with Crippen LogP contribution in [0.3, 0.4) is 0 Å². The Hall–Kier alpha value is -1.65. The van der Waals surface area contributed by atoms with Gasteiger partial charge in [0.1, 0.15) is 6.04 Å². The van der Waals surface area contributed by atoms with Crippen LogP contribution in [0, 0.1) is 17.8 Å². The van der Waals surface area contributed by atoms with E-state index in [0.29, 0.717) is 25.2 Å². The fourth-order valence-electron chi connectivity index (χ4n) is 3.12. The highest BCUT2D eigenvalue weighted by Gasteiger charge is 2.51. The van der Waals surface area contributed by atoms with Crippen molar-refractivity contribution in [3.63, 3.8) is 0 Å². The van der Waals surface area contributed by atoms with Crippen molar-refractivity contribution in [2.75, 3.05) is 0 Å². The van der Waals surface area contributed by atoms with Crippen LogP contribution in [-0.2, 0) is 14.4 Å². The minimum atomic E-state index is -1.06. The van der Waals surface area contributed by atoms with Gasteiger partial charge in [-0.05, 0) is 25.2 Å². The predicted octanol–water partition coefficient (Wildman–Crippen LogP) is 1.19. The van der Waals surface area contributed by atoms with Gasteiger partial charge in [-0.15, -0.1) is 0 Å². The molecule has 3 rings (SSSR count). The first-order chi connectivity index (χ1) is 9.09. The average Bonchev–Trinajstić information content (AvgIpc) is 3.17. The summed E-state index contributed by atoms with van der Waals surface area (Å²) in [7, 11) is 0. The fraction of sp³-hybridized carbons (Fsp3) is 0.643. The van der Waals surface area contributed by atoms with Crippen LogP contribution in [0.1, 0.15) is 32.1 Å². The van der Waals surface area contributed by atoms with E-state index in [2.05, 4.69) is 0 Å². The highest BCUT2D eigenvalue weighted by Crippen LogP contribution is 2.40. The maximum absolute atomic E-state index is 12.3. The van der Waals surface area contributed by atoms with Crippen LogP contribution in [0.2, 0.25) is 0 Å². The summed E-state index contributed by atoms with van der Waals surface area (Å²) in [4.78, 5) is 37.0. The second-order valence-corrected chi connectivity index (χ2v) is 5.74. The molecule has 5 nitrogen and oxygen atoms in total. The van der Waals surface area contributed by atoms with Gasteiger partial charge >= 0.3 is 5.97 Å². The fourth-order valence-corrected chi connectivity index (χ4v) is 3.12. The van der Waals surface area contributed by atoms with Gasteiger partial charge in [-0.1, -0.05) is 25.0 Å². The minimum absolute atomic E-state index is 0.285. The van der Waals surface area contributed by atoms with E-state index >= 15 is 0 Å². The van der Waals surface area contributed by atoms with Crippen LogP contribution in [0.15, 0.2) is 12.2 Å². The van der Waals surface area contributed by atoms with Gasteiger partial charge in [0.15, 0.2) is 0 Å². The summed E-state index contributed by atoms with van der Waals surface area (Å²) in [6.45, 7) is 0. The van der Waals surface area contributed by atoms with Crippen molar-refractivity contribution in [1.82, 2.24) is 4.90 Å². The van der Waals surface area contributed by atoms with Crippen molar-refractivity contribution >= 4 is 17.8 Å². The quantitative estimate of drug-likeness (QED) is 0.610. The Kier molecular flexibility index (Phi) is 2.92. The summed E-state index contributed by atoms with van der Waals surface area (Å²) in [5.41, 5.74) is 0. The number of amides is 2. The Bertz CT molecular complexity index is 440. The van der Waals surface area contributed by atoms with E-state index in [-0.39, 0.29) is 23.7 Å². The molecule has 102 valence electrons. The molecule has 0 radical (unpaired) electrons. The SMILES string of the molecule is O=C(O)C(CC1CC1)N1C(=O)[C@H]2CC=CC[C@H]2C1=O. The van der Waals surface area contributed by atoms with E-state index in [4.69, 9.17) is 0 Å². The van der Waals surface area contributed by atoms with E-state index in [9.17, 15) is 19.5 Å². The molecule has 1 heterocycles. The first-order valence-corrected chi connectivity index (χ1v) is 6.84. The van der Waals surface area contributed by atoms with Gasteiger partial charge < -0.3 is 5.11 Å².